The molecule has 1 aliphatic rings. The highest BCUT2D eigenvalue weighted by Crippen LogP contribution is 2.27. The van der Waals surface area contributed by atoms with Crippen molar-refractivity contribution in [3.05, 3.63) is 47.9 Å². The van der Waals surface area contributed by atoms with Gasteiger partial charge in [-0.25, -0.2) is 0 Å². The molecule has 1 atom stereocenters. The van der Waals surface area contributed by atoms with Crippen LogP contribution < -0.4 is 15.4 Å². The van der Waals surface area contributed by atoms with Crippen LogP contribution in [0.3, 0.4) is 0 Å². The second kappa shape index (κ2) is 6.30. The average Bonchev–Trinajstić information content (AvgIpc) is 3.16. The Kier molecular flexibility index (Phi) is 4.04. The largest absolute Gasteiger partial charge is 0.488 e. The molecule has 1 unspecified atom stereocenters. The topological polar surface area (TPSA) is 71.7 Å². The van der Waals surface area contributed by atoms with Crippen molar-refractivity contribution in [2.24, 2.45) is 4.99 Å². The molecule has 2 heterocycles. The highest BCUT2D eigenvalue weighted by atomic mass is 16.5. The number of para-hydroxylation sites is 1. The Morgan fingerprint density at radius 3 is 3.00 bits per heavy atom. The number of ether oxygens (including phenoxy) is 1. The summed E-state index contributed by atoms with van der Waals surface area (Å²) in [7, 11) is 1.74. The molecule has 6 nitrogen and oxygen atoms in total. The molecular formula is C15H18N4O2. The van der Waals surface area contributed by atoms with Crippen LogP contribution in [-0.2, 0) is 13.0 Å². The fourth-order valence-corrected chi connectivity index (χ4v) is 2.30. The smallest absolute Gasteiger partial charge is 0.191 e. The lowest BCUT2D eigenvalue weighted by Crippen LogP contribution is -2.42. The van der Waals surface area contributed by atoms with E-state index >= 15 is 0 Å². The molecule has 0 fully saturated rings. The zero-order valence-corrected chi connectivity index (χ0v) is 11.9. The fraction of sp³-hybridized carbons (Fsp3) is 0.333. The Morgan fingerprint density at radius 1 is 1.33 bits per heavy atom. The maximum atomic E-state index is 5.88. The van der Waals surface area contributed by atoms with Gasteiger partial charge in [0.15, 0.2) is 5.96 Å². The molecule has 0 radical (unpaired) electrons. The molecule has 1 aromatic carbocycles. The second-order valence-electron chi connectivity index (χ2n) is 4.85. The highest BCUT2D eigenvalue weighted by Gasteiger charge is 2.22. The van der Waals surface area contributed by atoms with E-state index in [2.05, 4.69) is 26.8 Å². The first kappa shape index (κ1) is 13.5. The number of nitrogens with zero attached hydrogens (tertiary/aromatic N) is 2. The fourth-order valence-electron chi connectivity index (χ4n) is 2.30. The molecule has 1 aromatic heterocycles. The molecule has 0 bridgehead atoms. The zero-order valence-electron chi connectivity index (χ0n) is 11.9. The molecule has 0 aliphatic carbocycles. The number of hydrogen-bond donors (Lipinski definition) is 2. The van der Waals surface area contributed by atoms with Gasteiger partial charge in [0.25, 0.3) is 0 Å². The zero-order chi connectivity index (χ0) is 14.5. The molecule has 110 valence electrons. The Morgan fingerprint density at radius 2 is 2.24 bits per heavy atom. The SMILES string of the molecule is CN=C(NCc1ccon1)NCC1Cc2ccccc2O1. The van der Waals surface area contributed by atoms with Crippen LogP contribution in [0.1, 0.15) is 11.3 Å². The van der Waals surface area contributed by atoms with E-state index in [-0.39, 0.29) is 6.10 Å². The van der Waals surface area contributed by atoms with Crippen LogP contribution in [0.15, 0.2) is 46.1 Å². The van der Waals surface area contributed by atoms with Crippen LogP contribution in [0, 0.1) is 0 Å². The molecule has 3 rings (SSSR count). The van der Waals surface area contributed by atoms with Crippen LogP contribution in [0.4, 0.5) is 0 Å². The summed E-state index contributed by atoms with van der Waals surface area (Å²) < 4.78 is 10.7. The van der Waals surface area contributed by atoms with Crippen molar-refractivity contribution in [3.8, 4) is 5.75 Å². The first-order valence-corrected chi connectivity index (χ1v) is 6.93. The third-order valence-electron chi connectivity index (χ3n) is 3.36. The van der Waals surface area contributed by atoms with Crippen molar-refractivity contribution in [1.82, 2.24) is 15.8 Å². The Bertz CT molecular complexity index is 585. The van der Waals surface area contributed by atoms with Crippen LogP contribution in [0.25, 0.3) is 0 Å². The molecule has 0 spiro atoms. The van der Waals surface area contributed by atoms with Crippen LogP contribution in [-0.4, -0.2) is 30.8 Å². The van der Waals surface area contributed by atoms with Crippen molar-refractivity contribution in [2.75, 3.05) is 13.6 Å². The van der Waals surface area contributed by atoms with Gasteiger partial charge in [-0.2, -0.15) is 0 Å². The first-order chi connectivity index (χ1) is 10.3. The third-order valence-corrected chi connectivity index (χ3v) is 3.36. The minimum Gasteiger partial charge on any atom is -0.488 e. The van der Waals surface area contributed by atoms with Gasteiger partial charge >= 0.3 is 0 Å². The van der Waals surface area contributed by atoms with Gasteiger partial charge in [0.1, 0.15) is 23.8 Å². The average molecular weight is 286 g/mol. The molecule has 21 heavy (non-hydrogen) atoms. The summed E-state index contributed by atoms with van der Waals surface area (Å²) >= 11 is 0. The van der Waals surface area contributed by atoms with E-state index in [9.17, 15) is 0 Å². The van der Waals surface area contributed by atoms with Crippen molar-refractivity contribution in [1.29, 1.82) is 0 Å². The minimum atomic E-state index is 0.132. The normalized spacial score (nSPS) is 17.2. The van der Waals surface area contributed by atoms with E-state index in [1.807, 2.05) is 24.3 Å². The number of nitrogens with one attached hydrogen (secondary N) is 2. The number of aliphatic imine (C=N–C) groups is 1. The number of aromatic nitrogens is 1. The summed E-state index contributed by atoms with van der Waals surface area (Å²) in [5.74, 6) is 1.70. The molecule has 2 aromatic rings. The number of guanidine groups is 1. The second-order valence-corrected chi connectivity index (χ2v) is 4.85. The van der Waals surface area contributed by atoms with Crippen LogP contribution in [0.5, 0.6) is 5.75 Å². The van der Waals surface area contributed by atoms with E-state index in [0.29, 0.717) is 13.1 Å². The summed E-state index contributed by atoms with van der Waals surface area (Å²) in [5, 5.41) is 10.3. The van der Waals surface area contributed by atoms with Crippen molar-refractivity contribution < 1.29 is 9.26 Å². The van der Waals surface area contributed by atoms with Crippen LogP contribution >= 0.6 is 0 Å². The number of hydrogen-bond acceptors (Lipinski definition) is 4. The van der Waals surface area contributed by atoms with E-state index in [1.165, 1.54) is 5.56 Å². The summed E-state index contributed by atoms with van der Waals surface area (Å²) in [6.07, 6.45) is 2.60. The van der Waals surface area contributed by atoms with Crippen molar-refractivity contribution >= 4 is 5.96 Å². The molecule has 2 N–H and O–H groups in total. The Balaban J connectivity index is 1.46. The number of rotatable bonds is 4. The highest BCUT2D eigenvalue weighted by molar-refractivity contribution is 5.79. The molecule has 0 saturated carbocycles. The summed E-state index contributed by atoms with van der Waals surface area (Å²) in [5.41, 5.74) is 2.09. The van der Waals surface area contributed by atoms with E-state index in [0.717, 1.165) is 23.8 Å². The van der Waals surface area contributed by atoms with Crippen LogP contribution in [0.2, 0.25) is 0 Å². The van der Waals surface area contributed by atoms with Gasteiger partial charge in [-0.3, -0.25) is 4.99 Å². The van der Waals surface area contributed by atoms with Crippen molar-refractivity contribution in [3.63, 3.8) is 0 Å². The van der Waals surface area contributed by atoms with Gasteiger partial charge in [0.2, 0.25) is 0 Å². The van der Waals surface area contributed by atoms with E-state index in [4.69, 9.17) is 9.26 Å². The lowest BCUT2D eigenvalue weighted by atomic mass is 10.1. The van der Waals surface area contributed by atoms with Gasteiger partial charge in [-0.1, -0.05) is 23.4 Å². The first-order valence-electron chi connectivity index (χ1n) is 6.93. The molecule has 0 amide bonds. The van der Waals surface area contributed by atoms with Gasteiger partial charge in [0, 0.05) is 19.5 Å². The quantitative estimate of drug-likeness (QED) is 0.655. The summed E-state index contributed by atoms with van der Waals surface area (Å²) in [6, 6.07) is 9.96. The van der Waals surface area contributed by atoms with E-state index < -0.39 is 0 Å². The number of benzene rings is 1. The van der Waals surface area contributed by atoms with Gasteiger partial charge < -0.3 is 19.9 Å². The molecule has 1 aliphatic heterocycles. The Hall–Kier alpha value is -2.50. The van der Waals surface area contributed by atoms with Gasteiger partial charge in [-0.05, 0) is 11.6 Å². The molecular weight excluding hydrogens is 268 g/mol. The monoisotopic (exact) mass is 286 g/mol. The molecule has 6 heteroatoms. The lowest BCUT2D eigenvalue weighted by molar-refractivity contribution is 0.235. The maximum Gasteiger partial charge on any atom is 0.191 e. The predicted molar refractivity (Wildman–Crippen MR) is 79.3 cm³/mol. The predicted octanol–water partition coefficient (Wildman–Crippen LogP) is 1.34. The third kappa shape index (κ3) is 3.34. The lowest BCUT2D eigenvalue weighted by Gasteiger charge is -2.15. The van der Waals surface area contributed by atoms with Gasteiger partial charge in [-0.15, -0.1) is 0 Å². The van der Waals surface area contributed by atoms with E-state index in [1.54, 1.807) is 13.3 Å². The van der Waals surface area contributed by atoms with Crippen molar-refractivity contribution in [2.45, 2.75) is 19.1 Å². The summed E-state index contributed by atoms with van der Waals surface area (Å²) in [6.45, 7) is 1.27. The minimum absolute atomic E-state index is 0.132. The summed E-state index contributed by atoms with van der Waals surface area (Å²) in [4.78, 5) is 4.18. The number of fused-ring (bicyclic) bond motifs is 1. The van der Waals surface area contributed by atoms with Gasteiger partial charge in [0.05, 0.1) is 13.1 Å². The molecule has 0 saturated heterocycles. The Labute approximate surface area is 123 Å². The standard InChI is InChI=1S/C15H18N4O2/c1-16-15(17-9-12-6-7-20-19-12)18-10-13-8-11-4-2-3-5-14(11)21-13/h2-7,13H,8-10H2,1H3,(H2,16,17,18). The maximum absolute atomic E-state index is 5.88.